The van der Waals surface area contributed by atoms with Crippen LogP contribution in [-0.2, 0) is 13.0 Å². The van der Waals surface area contributed by atoms with E-state index in [2.05, 4.69) is 20.9 Å². The molecule has 1 aliphatic heterocycles. The Kier molecular flexibility index (Phi) is 3.77. The molecular formula is C20H14BrN3O4. The first-order valence-corrected chi connectivity index (χ1v) is 9.51. The maximum atomic E-state index is 12.6. The van der Waals surface area contributed by atoms with Crippen molar-refractivity contribution in [2.24, 2.45) is 0 Å². The molecule has 7 nitrogen and oxygen atoms in total. The summed E-state index contributed by atoms with van der Waals surface area (Å²) in [6.07, 6.45) is -0.364. The summed E-state index contributed by atoms with van der Waals surface area (Å²) in [5.74, 6) is 0.459. The number of fused-ring (bicyclic) bond motifs is 4. The minimum absolute atomic E-state index is 0.193. The van der Waals surface area contributed by atoms with Crippen LogP contribution in [0.3, 0.4) is 0 Å². The second kappa shape index (κ2) is 6.20. The number of furan rings is 1. The van der Waals surface area contributed by atoms with E-state index >= 15 is 0 Å². The molecule has 1 aliphatic rings. The van der Waals surface area contributed by atoms with Gasteiger partial charge in [-0.1, -0.05) is 34.1 Å². The molecule has 0 atom stereocenters. The van der Waals surface area contributed by atoms with Gasteiger partial charge >= 0.3 is 6.09 Å². The topological polar surface area (TPSA) is 99.4 Å². The van der Waals surface area contributed by atoms with Crippen molar-refractivity contribution in [2.75, 3.05) is 6.54 Å². The zero-order chi connectivity index (χ0) is 19.4. The zero-order valence-corrected chi connectivity index (χ0v) is 16.1. The fourth-order valence-corrected chi connectivity index (χ4v) is 4.11. The Balaban J connectivity index is 1.71. The van der Waals surface area contributed by atoms with Crippen LogP contribution in [0.4, 0.5) is 4.79 Å². The first-order chi connectivity index (χ1) is 13.5. The fraction of sp³-hybridized carbons (Fsp3) is 0.150. The minimum Gasteiger partial charge on any atom is -0.465 e. The Morgan fingerprint density at radius 3 is 2.96 bits per heavy atom. The normalized spacial score (nSPS) is 13.8. The Labute approximate surface area is 166 Å². The van der Waals surface area contributed by atoms with E-state index in [1.807, 2.05) is 30.3 Å². The first-order valence-electron chi connectivity index (χ1n) is 8.72. The standard InChI is InChI=1S/C20H14BrN3O4/c21-11-4-5-15-14(8-11)16-17(28-15)19(25)23-18(22-16)13-3-1-2-10-9-24(20(26)27)7-6-12(10)13/h1-5,8H,6-7,9H2,(H,26,27)(H,22,23,25). The third kappa shape index (κ3) is 2.60. The Morgan fingerprint density at radius 1 is 1.29 bits per heavy atom. The third-order valence-corrected chi connectivity index (χ3v) is 5.57. The van der Waals surface area contributed by atoms with Gasteiger partial charge in [-0.25, -0.2) is 9.78 Å². The molecule has 0 radical (unpaired) electrons. The van der Waals surface area contributed by atoms with Gasteiger partial charge in [-0.3, -0.25) is 4.79 Å². The Hall–Kier alpha value is -3.13. The molecule has 8 heteroatoms. The number of carbonyl (C=O) groups is 1. The number of amides is 1. The lowest BCUT2D eigenvalue weighted by molar-refractivity contribution is 0.140. The van der Waals surface area contributed by atoms with Crippen LogP contribution in [0, 0.1) is 0 Å². The lowest BCUT2D eigenvalue weighted by Gasteiger charge is -2.27. The first kappa shape index (κ1) is 17.0. The van der Waals surface area contributed by atoms with Crippen LogP contribution in [-0.4, -0.2) is 32.6 Å². The van der Waals surface area contributed by atoms with Crippen LogP contribution in [0.2, 0.25) is 0 Å². The molecule has 0 fully saturated rings. The van der Waals surface area contributed by atoms with Crippen LogP contribution in [0.15, 0.2) is 50.1 Å². The van der Waals surface area contributed by atoms with E-state index in [1.54, 1.807) is 6.07 Å². The number of hydrogen-bond acceptors (Lipinski definition) is 4. The molecular weight excluding hydrogens is 426 g/mol. The SMILES string of the molecule is O=C(O)N1CCc2c(cccc2-c2nc3c(oc4ccc(Br)cc43)c(=O)[nH]2)C1. The quantitative estimate of drug-likeness (QED) is 0.464. The largest absolute Gasteiger partial charge is 0.465 e. The van der Waals surface area contributed by atoms with E-state index in [4.69, 9.17) is 9.40 Å². The molecule has 0 saturated heterocycles. The van der Waals surface area contributed by atoms with Gasteiger partial charge in [-0.2, -0.15) is 0 Å². The van der Waals surface area contributed by atoms with Crippen molar-refractivity contribution >= 4 is 44.1 Å². The second-order valence-corrected chi connectivity index (χ2v) is 7.65. The number of hydrogen-bond donors (Lipinski definition) is 2. The maximum Gasteiger partial charge on any atom is 0.407 e. The minimum atomic E-state index is -0.931. The molecule has 140 valence electrons. The van der Waals surface area contributed by atoms with Gasteiger partial charge in [0.15, 0.2) is 0 Å². The number of rotatable bonds is 1. The number of carboxylic acid groups (broad SMARTS) is 1. The predicted octanol–water partition coefficient (Wildman–Crippen LogP) is 4.13. The van der Waals surface area contributed by atoms with Crippen molar-refractivity contribution in [2.45, 2.75) is 13.0 Å². The zero-order valence-electron chi connectivity index (χ0n) is 14.5. The molecule has 2 aromatic heterocycles. The van der Waals surface area contributed by atoms with Gasteiger partial charge in [0, 0.05) is 28.5 Å². The van der Waals surface area contributed by atoms with Crippen molar-refractivity contribution in [1.29, 1.82) is 0 Å². The molecule has 0 saturated carbocycles. The molecule has 1 amide bonds. The third-order valence-electron chi connectivity index (χ3n) is 5.08. The maximum absolute atomic E-state index is 12.6. The number of aromatic amines is 1. The molecule has 0 spiro atoms. The van der Waals surface area contributed by atoms with Crippen molar-refractivity contribution < 1.29 is 14.3 Å². The summed E-state index contributed by atoms with van der Waals surface area (Å²) in [5, 5.41) is 10.0. The number of halogens is 1. The summed E-state index contributed by atoms with van der Waals surface area (Å²) in [4.78, 5) is 32.8. The van der Waals surface area contributed by atoms with Crippen LogP contribution in [0.25, 0.3) is 33.5 Å². The highest BCUT2D eigenvalue weighted by molar-refractivity contribution is 9.10. The molecule has 0 unspecified atom stereocenters. The highest BCUT2D eigenvalue weighted by atomic mass is 79.9. The summed E-state index contributed by atoms with van der Waals surface area (Å²) < 4.78 is 6.56. The molecule has 3 heterocycles. The Bertz CT molecular complexity index is 1320. The summed E-state index contributed by atoms with van der Waals surface area (Å²) >= 11 is 3.44. The van der Waals surface area contributed by atoms with E-state index in [-0.39, 0.29) is 11.1 Å². The van der Waals surface area contributed by atoms with Gasteiger partial charge in [-0.15, -0.1) is 0 Å². The number of H-pyrrole nitrogens is 1. The van der Waals surface area contributed by atoms with Crippen molar-refractivity contribution in [3.05, 3.63) is 62.4 Å². The average Bonchev–Trinajstić information content (AvgIpc) is 3.05. The van der Waals surface area contributed by atoms with Crippen molar-refractivity contribution in [1.82, 2.24) is 14.9 Å². The lowest BCUT2D eigenvalue weighted by Crippen LogP contribution is -2.35. The van der Waals surface area contributed by atoms with E-state index in [0.29, 0.717) is 36.4 Å². The fourth-order valence-electron chi connectivity index (χ4n) is 3.75. The molecule has 4 aromatic rings. The summed E-state index contributed by atoms with van der Waals surface area (Å²) in [6.45, 7) is 0.736. The van der Waals surface area contributed by atoms with Gasteiger partial charge < -0.3 is 19.4 Å². The van der Waals surface area contributed by atoms with E-state index < -0.39 is 6.09 Å². The monoisotopic (exact) mass is 439 g/mol. The van der Waals surface area contributed by atoms with E-state index in [1.165, 1.54) is 4.90 Å². The lowest BCUT2D eigenvalue weighted by atomic mass is 9.94. The molecule has 2 aromatic carbocycles. The summed E-state index contributed by atoms with van der Waals surface area (Å²) in [5.41, 5.74) is 3.71. The van der Waals surface area contributed by atoms with E-state index in [9.17, 15) is 14.7 Å². The van der Waals surface area contributed by atoms with Crippen LogP contribution in [0.5, 0.6) is 0 Å². The molecule has 0 bridgehead atoms. The number of benzene rings is 2. The van der Waals surface area contributed by atoms with Gasteiger partial charge in [0.25, 0.3) is 5.56 Å². The van der Waals surface area contributed by atoms with Crippen molar-refractivity contribution in [3.8, 4) is 11.4 Å². The smallest absolute Gasteiger partial charge is 0.407 e. The van der Waals surface area contributed by atoms with Crippen LogP contribution in [0.1, 0.15) is 11.1 Å². The molecule has 5 rings (SSSR count). The molecule has 28 heavy (non-hydrogen) atoms. The molecule has 2 N–H and O–H groups in total. The molecule has 0 aliphatic carbocycles. The van der Waals surface area contributed by atoms with E-state index in [0.717, 1.165) is 26.5 Å². The number of nitrogens with zero attached hydrogens (tertiary/aromatic N) is 2. The van der Waals surface area contributed by atoms with Gasteiger partial charge in [0.1, 0.15) is 16.9 Å². The summed E-state index contributed by atoms with van der Waals surface area (Å²) in [6, 6.07) is 11.2. The number of nitrogens with one attached hydrogen (secondary N) is 1. The van der Waals surface area contributed by atoms with Crippen LogP contribution >= 0.6 is 15.9 Å². The highest BCUT2D eigenvalue weighted by Crippen LogP contribution is 2.32. The number of aromatic nitrogens is 2. The van der Waals surface area contributed by atoms with Crippen molar-refractivity contribution in [3.63, 3.8) is 0 Å². The van der Waals surface area contributed by atoms with Gasteiger partial charge in [0.05, 0.1) is 0 Å². The van der Waals surface area contributed by atoms with Crippen LogP contribution < -0.4 is 5.56 Å². The average molecular weight is 440 g/mol. The van der Waals surface area contributed by atoms with Gasteiger partial charge in [0.2, 0.25) is 5.58 Å². The summed E-state index contributed by atoms with van der Waals surface area (Å²) in [7, 11) is 0. The van der Waals surface area contributed by atoms with Gasteiger partial charge in [-0.05, 0) is 35.7 Å². The highest BCUT2D eigenvalue weighted by Gasteiger charge is 2.23. The second-order valence-electron chi connectivity index (χ2n) is 6.73. The predicted molar refractivity (Wildman–Crippen MR) is 107 cm³/mol. The Morgan fingerprint density at radius 2 is 2.14 bits per heavy atom.